The van der Waals surface area contributed by atoms with Crippen LogP contribution in [0.2, 0.25) is 0 Å². The van der Waals surface area contributed by atoms with Crippen molar-refractivity contribution in [3.8, 4) is 5.75 Å². The van der Waals surface area contributed by atoms with Crippen LogP contribution in [0.4, 0.5) is 11.4 Å². The normalized spacial score (nSPS) is 14.5. The van der Waals surface area contributed by atoms with E-state index in [1.54, 1.807) is 25.3 Å². The van der Waals surface area contributed by atoms with Gasteiger partial charge in [-0.1, -0.05) is 6.92 Å². The summed E-state index contributed by atoms with van der Waals surface area (Å²) in [5.74, 6) is 0.592. The van der Waals surface area contributed by atoms with Gasteiger partial charge in [-0.25, -0.2) is 0 Å². The Bertz CT molecular complexity index is 458. The summed E-state index contributed by atoms with van der Waals surface area (Å²) in [7, 11) is 1.57. The SMILES string of the molecule is CCN(CC(=O)Nc1cc(N)ccc1OC)C1CC1. The van der Waals surface area contributed by atoms with Crippen LogP contribution in [0.3, 0.4) is 0 Å². The van der Waals surface area contributed by atoms with E-state index in [4.69, 9.17) is 10.5 Å². The molecule has 1 aliphatic carbocycles. The molecule has 0 heterocycles. The Kier molecular flexibility index (Phi) is 4.27. The number of carbonyl (C=O) groups is 1. The van der Waals surface area contributed by atoms with Crippen LogP contribution in [0.5, 0.6) is 5.75 Å². The van der Waals surface area contributed by atoms with E-state index in [0.29, 0.717) is 29.7 Å². The van der Waals surface area contributed by atoms with Crippen molar-refractivity contribution < 1.29 is 9.53 Å². The highest BCUT2D eigenvalue weighted by Crippen LogP contribution is 2.28. The van der Waals surface area contributed by atoms with Crippen LogP contribution in [-0.4, -0.2) is 37.0 Å². The topological polar surface area (TPSA) is 67.6 Å². The van der Waals surface area contributed by atoms with Crippen molar-refractivity contribution in [3.63, 3.8) is 0 Å². The molecular formula is C14H21N3O2. The Balaban J connectivity index is 1.99. The summed E-state index contributed by atoms with van der Waals surface area (Å²) in [5.41, 5.74) is 6.95. The van der Waals surface area contributed by atoms with Crippen molar-refractivity contribution in [3.05, 3.63) is 18.2 Å². The summed E-state index contributed by atoms with van der Waals surface area (Å²) in [4.78, 5) is 14.2. The second-order valence-electron chi connectivity index (χ2n) is 4.80. The number of carbonyl (C=O) groups excluding carboxylic acids is 1. The molecule has 5 nitrogen and oxygen atoms in total. The summed E-state index contributed by atoms with van der Waals surface area (Å²) < 4.78 is 5.21. The fourth-order valence-corrected chi connectivity index (χ4v) is 2.14. The molecule has 0 bridgehead atoms. The minimum atomic E-state index is -0.0300. The average molecular weight is 263 g/mol. The van der Waals surface area contributed by atoms with E-state index in [1.807, 2.05) is 0 Å². The molecule has 2 rings (SSSR count). The van der Waals surface area contributed by atoms with Gasteiger partial charge in [-0.05, 0) is 37.6 Å². The predicted molar refractivity (Wildman–Crippen MR) is 76.3 cm³/mol. The third-order valence-corrected chi connectivity index (χ3v) is 3.31. The molecule has 0 aromatic heterocycles. The lowest BCUT2D eigenvalue weighted by molar-refractivity contribution is -0.117. The minimum Gasteiger partial charge on any atom is -0.495 e. The Labute approximate surface area is 113 Å². The Hall–Kier alpha value is -1.75. The molecule has 0 aliphatic heterocycles. The first-order chi connectivity index (χ1) is 9.13. The van der Waals surface area contributed by atoms with Gasteiger partial charge < -0.3 is 15.8 Å². The van der Waals surface area contributed by atoms with E-state index < -0.39 is 0 Å². The largest absolute Gasteiger partial charge is 0.495 e. The molecule has 1 saturated carbocycles. The van der Waals surface area contributed by atoms with Gasteiger partial charge in [0.25, 0.3) is 0 Å². The summed E-state index contributed by atoms with van der Waals surface area (Å²) in [6.07, 6.45) is 2.39. The van der Waals surface area contributed by atoms with Crippen molar-refractivity contribution in [1.82, 2.24) is 4.90 Å². The number of rotatable bonds is 6. The summed E-state index contributed by atoms with van der Waals surface area (Å²) >= 11 is 0. The van der Waals surface area contributed by atoms with Crippen LogP contribution in [-0.2, 0) is 4.79 Å². The number of ether oxygens (including phenoxy) is 1. The maximum absolute atomic E-state index is 12.0. The van der Waals surface area contributed by atoms with E-state index in [-0.39, 0.29) is 5.91 Å². The number of likely N-dealkylation sites (N-methyl/N-ethyl adjacent to an activating group) is 1. The number of methoxy groups -OCH3 is 1. The molecule has 1 aromatic carbocycles. The zero-order valence-electron chi connectivity index (χ0n) is 11.5. The van der Waals surface area contributed by atoms with Gasteiger partial charge in [0.2, 0.25) is 5.91 Å². The van der Waals surface area contributed by atoms with Crippen LogP contribution in [0.1, 0.15) is 19.8 Å². The van der Waals surface area contributed by atoms with Gasteiger partial charge >= 0.3 is 0 Å². The van der Waals surface area contributed by atoms with Crippen molar-refractivity contribution in [2.75, 3.05) is 31.2 Å². The predicted octanol–water partition coefficient (Wildman–Crippen LogP) is 1.70. The van der Waals surface area contributed by atoms with E-state index >= 15 is 0 Å². The van der Waals surface area contributed by atoms with E-state index in [9.17, 15) is 4.79 Å². The Morgan fingerprint density at radius 3 is 2.84 bits per heavy atom. The van der Waals surface area contributed by atoms with Crippen LogP contribution in [0, 0.1) is 0 Å². The number of nitrogens with zero attached hydrogens (tertiary/aromatic N) is 1. The molecule has 19 heavy (non-hydrogen) atoms. The van der Waals surface area contributed by atoms with Crippen molar-refractivity contribution in [1.29, 1.82) is 0 Å². The number of nitrogens with one attached hydrogen (secondary N) is 1. The number of nitrogen functional groups attached to an aromatic ring is 1. The Morgan fingerprint density at radius 2 is 2.26 bits per heavy atom. The number of amides is 1. The summed E-state index contributed by atoms with van der Waals surface area (Å²) in [6.45, 7) is 3.39. The van der Waals surface area contributed by atoms with Crippen LogP contribution in [0.25, 0.3) is 0 Å². The third kappa shape index (κ3) is 3.61. The van der Waals surface area contributed by atoms with Crippen molar-refractivity contribution in [2.45, 2.75) is 25.8 Å². The smallest absolute Gasteiger partial charge is 0.238 e. The lowest BCUT2D eigenvalue weighted by atomic mass is 10.2. The second kappa shape index (κ2) is 5.93. The molecule has 104 valence electrons. The molecule has 1 aliphatic rings. The maximum Gasteiger partial charge on any atom is 0.238 e. The Morgan fingerprint density at radius 1 is 1.53 bits per heavy atom. The molecule has 1 fully saturated rings. The molecular weight excluding hydrogens is 242 g/mol. The first kappa shape index (κ1) is 13.7. The lowest BCUT2D eigenvalue weighted by Crippen LogP contribution is -2.34. The van der Waals surface area contributed by atoms with Gasteiger partial charge in [0.05, 0.1) is 19.3 Å². The number of benzene rings is 1. The van der Waals surface area contributed by atoms with Crippen LogP contribution in [0.15, 0.2) is 18.2 Å². The molecule has 5 heteroatoms. The highest BCUT2D eigenvalue weighted by Gasteiger charge is 2.29. The number of anilines is 2. The quantitative estimate of drug-likeness (QED) is 0.767. The summed E-state index contributed by atoms with van der Waals surface area (Å²) in [6, 6.07) is 5.79. The van der Waals surface area contributed by atoms with Gasteiger partial charge in [0.15, 0.2) is 0 Å². The average Bonchev–Trinajstić information content (AvgIpc) is 3.20. The molecule has 1 amide bonds. The molecule has 1 aromatic rings. The first-order valence-electron chi connectivity index (χ1n) is 6.61. The molecule has 0 spiro atoms. The fraction of sp³-hybridized carbons (Fsp3) is 0.500. The fourth-order valence-electron chi connectivity index (χ4n) is 2.14. The van der Waals surface area contributed by atoms with Crippen LogP contribution >= 0.6 is 0 Å². The summed E-state index contributed by atoms with van der Waals surface area (Å²) in [5, 5.41) is 2.86. The third-order valence-electron chi connectivity index (χ3n) is 3.31. The number of nitrogens with two attached hydrogens (primary N) is 1. The van der Waals surface area contributed by atoms with Crippen molar-refractivity contribution in [2.24, 2.45) is 0 Å². The molecule has 3 N–H and O–H groups in total. The van der Waals surface area contributed by atoms with Crippen LogP contribution < -0.4 is 15.8 Å². The standard InChI is InChI=1S/C14H21N3O2/c1-3-17(11-5-6-11)9-14(18)16-12-8-10(15)4-7-13(12)19-2/h4,7-8,11H,3,5-6,9,15H2,1-2H3,(H,16,18). The molecule has 0 unspecified atom stereocenters. The second-order valence-corrected chi connectivity index (χ2v) is 4.80. The molecule has 0 saturated heterocycles. The molecule has 0 atom stereocenters. The minimum absolute atomic E-state index is 0.0300. The number of hydrogen-bond donors (Lipinski definition) is 2. The van der Waals surface area contributed by atoms with Gasteiger partial charge in [-0.15, -0.1) is 0 Å². The maximum atomic E-state index is 12.0. The van der Waals surface area contributed by atoms with Gasteiger partial charge in [0, 0.05) is 11.7 Å². The van der Waals surface area contributed by atoms with Gasteiger partial charge in [-0.2, -0.15) is 0 Å². The highest BCUT2D eigenvalue weighted by molar-refractivity contribution is 5.94. The van der Waals surface area contributed by atoms with Gasteiger partial charge in [0.1, 0.15) is 5.75 Å². The van der Waals surface area contributed by atoms with E-state index in [1.165, 1.54) is 12.8 Å². The van der Waals surface area contributed by atoms with E-state index in [2.05, 4.69) is 17.1 Å². The number of hydrogen-bond acceptors (Lipinski definition) is 4. The zero-order valence-corrected chi connectivity index (χ0v) is 11.5. The van der Waals surface area contributed by atoms with Crippen molar-refractivity contribution >= 4 is 17.3 Å². The highest BCUT2D eigenvalue weighted by atomic mass is 16.5. The zero-order chi connectivity index (χ0) is 13.8. The van der Waals surface area contributed by atoms with Gasteiger partial charge in [-0.3, -0.25) is 9.69 Å². The first-order valence-corrected chi connectivity index (χ1v) is 6.61. The monoisotopic (exact) mass is 263 g/mol. The molecule has 0 radical (unpaired) electrons. The lowest BCUT2D eigenvalue weighted by Gasteiger charge is -2.19. The van der Waals surface area contributed by atoms with E-state index in [0.717, 1.165) is 6.54 Å².